The minimum atomic E-state index is -0.507. The second-order valence-electron chi connectivity index (χ2n) is 8.35. The summed E-state index contributed by atoms with van der Waals surface area (Å²) in [7, 11) is 1.76. The Morgan fingerprint density at radius 2 is 1.75 bits per heavy atom. The maximum Gasteiger partial charge on any atom is 0.250 e. The Balaban J connectivity index is 1.52. The number of nitrogens with zero attached hydrogens (tertiary/aromatic N) is 2. The van der Waals surface area contributed by atoms with Crippen molar-refractivity contribution in [3.63, 3.8) is 0 Å². The molecule has 32 heavy (non-hydrogen) atoms. The van der Waals surface area contributed by atoms with Crippen LogP contribution in [0, 0.1) is 0 Å². The standard InChI is InChI=1S/C27H30N2O3/c1-21(22-9-11-23(12-10-22)24-13-14-26(31)28(2)19-24)29-17-16-27(32-20-29,15-6-18-30)25-7-4-3-5-8-25/h3-5,7-14,16-17,19,21,30H,6,15,18,20H2,1-2H3/t21-,27?/m0/s1. The van der Waals surface area contributed by atoms with Gasteiger partial charge in [-0.3, -0.25) is 4.79 Å². The van der Waals surface area contributed by atoms with Gasteiger partial charge in [0.1, 0.15) is 12.3 Å². The van der Waals surface area contributed by atoms with Crippen LogP contribution in [0.15, 0.2) is 90.0 Å². The highest BCUT2D eigenvalue weighted by Gasteiger charge is 2.34. The quantitative estimate of drug-likeness (QED) is 0.596. The predicted octanol–water partition coefficient (Wildman–Crippen LogP) is 4.58. The van der Waals surface area contributed by atoms with Crippen molar-refractivity contribution in [3.05, 3.63) is 107 Å². The van der Waals surface area contributed by atoms with Crippen LogP contribution >= 0.6 is 0 Å². The summed E-state index contributed by atoms with van der Waals surface area (Å²) in [4.78, 5) is 13.8. The van der Waals surface area contributed by atoms with E-state index >= 15 is 0 Å². The predicted molar refractivity (Wildman–Crippen MR) is 127 cm³/mol. The lowest BCUT2D eigenvalue weighted by Gasteiger charge is -2.40. The molecule has 5 nitrogen and oxygen atoms in total. The third kappa shape index (κ3) is 4.54. The van der Waals surface area contributed by atoms with E-state index in [1.165, 1.54) is 5.56 Å². The summed E-state index contributed by atoms with van der Waals surface area (Å²) in [5.41, 5.74) is 3.88. The summed E-state index contributed by atoms with van der Waals surface area (Å²) >= 11 is 0. The lowest BCUT2D eigenvalue weighted by atomic mass is 9.88. The van der Waals surface area contributed by atoms with Gasteiger partial charge >= 0.3 is 0 Å². The van der Waals surface area contributed by atoms with Crippen molar-refractivity contribution in [2.45, 2.75) is 31.4 Å². The Bertz CT molecular complexity index is 1120. The summed E-state index contributed by atoms with van der Waals surface area (Å²) in [6.45, 7) is 2.78. The number of pyridine rings is 1. The van der Waals surface area contributed by atoms with Crippen LogP contribution in [0.3, 0.4) is 0 Å². The molecule has 3 aromatic rings. The normalized spacial score (nSPS) is 19.2. The highest BCUT2D eigenvalue weighted by atomic mass is 16.5. The number of aliphatic hydroxyl groups is 1. The zero-order valence-electron chi connectivity index (χ0n) is 18.6. The van der Waals surface area contributed by atoms with Crippen molar-refractivity contribution in [1.29, 1.82) is 0 Å². The monoisotopic (exact) mass is 430 g/mol. The number of aromatic nitrogens is 1. The van der Waals surface area contributed by atoms with E-state index in [1.807, 2.05) is 30.5 Å². The topological polar surface area (TPSA) is 54.7 Å². The van der Waals surface area contributed by atoms with Gasteiger partial charge in [0, 0.05) is 32.1 Å². The second kappa shape index (κ2) is 9.55. The number of hydrogen-bond donors (Lipinski definition) is 1. The SMILES string of the molecule is C[C@@H](c1ccc(-c2ccc(=O)n(C)c2)cc1)N1C=CC(CCCO)(c2ccccc2)OC1. The summed E-state index contributed by atoms with van der Waals surface area (Å²) in [6.07, 6.45) is 7.52. The first-order valence-electron chi connectivity index (χ1n) is 11.0. The summed E-state index contributed by atoms with van der Waals surface area (Å²) in [6, 6.07) is 22.3. The van der Waals surface area contributed by atoms with Gasteiger partial charge in [-0.25, -0.2) is 0 Å². The Morgan fingerprint density at radius 1 is 1.03 bits per heavy atom. The smallest absolute Gasteiger partial charge is 0.250 e. The molecule has 1 aliphatic heterocycles. The first-order chi connectivity index (χ1) is 15.5. The molecule has 0 saturated heterocycles. The molecule has 0 saturated carbocycles. The number of benzene rings is 2. The fourth-order valence-corrected chi connectivity index (χ4v) is 4.19. The van der Waals surface area contributed by atoms with Crippen molar-refractivity contribution in [2.75, 3.05) is 13.3 Å². The number of hydrogen-bond acceptors (Lipinski definition) is 4. The van der Waals surface area contributed by atoms with E-state index in [-0.39, 0.29) is 18.2 Å². The van der Waals surface area contributed by atoms with Crippen LogP contribution in [0.2, 0.25) is 0 Å². The molecule has 0 fully saturated rings. The van der Waals surface area contributed by atoms with Gasteiger partial charge in [-0.05, 0) is 54.2 Å². The van der Waals surface area contributed by atoms with Gasteiger partial charge in [0.15, 0.2) is 0 Å². The molecule has 2 aromatic carbocycles. The maximum atomic E-state index is 11.6. The molecule has 1 N–H and O–H groups in total. The van der Waals surface area contributed by atoms with Crippen LogP contribution in [-0.2, 0) is 17.4 Å². The molecule has 0 spiro atoms. The van der Waals surface area contributed by atoms with Crippen molar-refractivity contribution in [1.82, 2.24) is 9.47 Å². The fraction of sp³-hybridized carbons (Fsp3) is 0.296. The molecule has 5 heteroatoms. The molecule has 1 unspecified atom stereocenters. The average molecular weight is 431 g/mol. The van der Waals surface area contributed by atoms with E-state index in [1.54, 1.807) is 17.7 Å². The highest BCUT2D eigenvalue weighted by Crippen LogP contribution is 2.37. The van der Waals surface area contributed by atoms with Gasteiger partial charge in [-0.15, -0.1) is 0 Å². The van der Waals surface area contributed by atoms with Crippen LogP contribution in [-0.4, -0.2) is 27.9 Å². The first-order valence-corrected chi connectivity index (χ1v) is 11.0. The van der Waals surface area contributed by atoms with Crippen LogP contribution < -0.4 is 5.56 Å². The summed E-state index contributed by atoms with van der Waals surface area (Å²) in [5.74, 6) is 0. The Kier molecular flexibility index (Phi) is 6.58. The van der Waals surface area contributed by atoms with Crippen LogP contribution in [0.5, 0.6) is 0 Å². The fourth-order valence-electron chi connectivity index (χ4n) is 4.19. The molecule has 2 heterocycles. The van der Waals surface area contributed by atoms with Crippen LogP contribution in [0.4, 0.5) is 0 Å². The van der Waals surface area contributed by atoms with Crippen molar-refractivity contribution in [3.8, 4) is 11.1 Å². The second-order valence-corrected chi connectivity index (χ2v) is 8.35. The van der Waals surface area contributed by atoms with E-state index in [0.29, 0.717) is 13.2 Å². The van der Waals surface area contributed by atoms with Gasteiger partial charge in [-0.1, -0.05) is 54.6 Å². The molecule has 0 amide bonds. The largest absolute Gasteiger partial charge is 0.396 e. The molecule has 4 rings (SSSR count). The molecular formula is C27H30N2O3. The molecule has 1 aromatic heterocycles. The molecule has 1 aliphatic rings. The minimum absolute atomic E-state index is 0.0126. The molecule has 0 radical (unpaired) electrons. The van der Waals surface area contributed by atoms with Crippen LogP contribution in [0.1, 0.15) is 36.9 Å². The van der Waals surface area contributed by atoms with Crippen molar-refractivity contribution in [2.24, 2.45) is 7.05 Å². The average Bonchev–Trinajstić information content (AvgIpc) is 2.85. The summed E-state index contributed by atoms with van der Waals surface area (Å²) in [5, 5.41) is 9.37. The number of aryl methyl sites for hydroxylation is 1. The highest BCUT2D eigenvalue weighted by molar-refractivity contribution is 5.62. The van der Waals surface area contributed by atoms with E-state index in [2.05, 4.69) is 60.5 Å². The summed E-state index contributed by atoms with van der Waals surface area (Å²) < 4.78 is 8.02. The van der Waals surface area contributed by atoms with Gasteiger partial charge in [0.25, 0.3) is 0 Å². The number of ether oxygens (including phenoxy) is 1. The molecule has 0 aliphatic carbocycles. The first kappa shape index (κ1) is 22.1. The molecular weight excluding hydrogens is 400 g/mol. The van der Waals surface area contributed by atoms with E-state index < -0.39 is 5.60 Å². The van der Waals surface area contributed by atoms with Crippen LogP contribution in [0.25, 0.3) is 11.1 Å². The van der Waals surface area contributed by atoms with E-state index in [0.717, 1.165) is 23.1 Å². The zero-order valence-corrected chi connectivity index (χ0v) is 18.6. The minimum Gasteiger partial charge on any atom is -0.396 e. The third-order valence-electron chi connectivity index (χ3n) is 6.28. The molecule has 2 atom stereocenters. The zero-order chi connectivity index (χ0) is 22.6. The van der Waals surface area contributed by atoms with Gasteiger partial charge < -0.3 is 19.3 Å². The number of aliphatic hydroxyl groups excluding tert-OH is 1. The molecule has 0 bridgehead atoms. The maximum absolute atomic E-state index is 11.6. The Morgan fingerprint density at radius 3 is 2.38 bits per heavy atom. The Hall–Kier alpha value is -3.15. The van der Waals surface area contributed by atoms with Crippen molar-refractivity contribution < 1.29 is 9.84 Å². The third-order valence-corrected chi connectivity index (χ3v) is 6.28. The molecule has 166 valence electrons. The van der Waals surface area contributed by atoms with Gasteiger partial charge in [-0.2, -0.15) is 0 Å². The van der Waals surface area contributed by atoms with E-state index in [4.69, 9.17) is 4.74 Å². The van der Waals surface area contributed by atoms with Gasteiger partial charge in [0.2, 0.25) is 5.56 Å². The lowest BCUT2D eigenvalue weighted by molar-refractivity contribution is -0.0887. The number of rotatable bonds is 7. The van der Waals surface area contributed by atoms with Crippen molar-refractivity contribution >= 4 is 0 Å². The Labute approximate surface area is 189 Å². The van der Waals surface area contributed by atoms with Gasteiger partial charge in [0.05, 0.1) is 6.04 Å². The lowest BCUT2D eigenvalue weighted by Crippen LogP contribution is -2.38. The van der Waals surface area contributed by atoms with E-state index in [9.17, 15) is 9.90 Å².